The normalized spacial score (nSPS) is 22.0. The molecular formula is C15H30N4O3S. The second-order valence-corrected chi connectivity index (χ2v) is 8.82. The van der Waals surface area contributed by atoms with E-state index >= 15 is 0 Å². The summed E-state index contributed by atoms with van der Waals surface area (Å²) in [6.07, 6.45) is 5.33. The zero-order valence-corrected chi connectivity index (χ0v) is 15.4. The van der Waals surface area contributed by atoms with Crippen molar-refractivity contribution < 1.29 is 13.2 Å². The maximum Gasteiger partial charge on any atom is 0.282 e. The minimum absolute atomic E-state index is 0.0627. The van der Waals surface area contributed by atoms with E-state index < -0.39 is 10.2 Å². The molecule has 0 aromatic rings. The highest BCUT2D eigenvalue weighted by molar-refractivity contribution is 7.86. The number of likely N-dealkylation sites (N-methyl/N-ethyl adjacent to an activating group) is 1. The Labute approximate surface area is 140 Å². The number of hydrogen-bond donors (Lipinski definition) is 0. The van der Waals surface area contributed by atoms with Crippen LogP contribution in [0.25, 0.3) is 0 Å². The lowest BCUT2D eigenvalue weighted by molar-refractivity contribution is -0.133. The summed E-state index contributed by atoms with van der Waals surface area (Å²) in [5.74, 6) is 0.0627. The molecule has 2 aliphatic rings. The molecule has 1 amide bonds. The highest BCUT2D eigenvalue weighted by Crippen LogP contribution is 2.25. The lowest BCUT2D eigenvalue weighted by atomic mass is 9.96. The molecule has 0 spiro atoms. The maximum atomic E-state index is 12.8. The third-order valence-electron chi connectivity index (χ3n) is 4.82. The fraction of sp³-hybridized carbons (Fsp3) is 0.933. The SMILES string of the molecule is CN(C)CC(=O)N1CCN(S(=O)(=O)N(C)C2CCCCC2)CC1. The molecule has 0 aromatic carbocycles. The Balaban J connectivity index is 1.91. The number of carbonyl (C=O) groups is 1. The van der Waals surface area contributed by atoms with Crippen LogP contribution in [-0.2, 0) is 15.0 Å². The van der Waals surface area contributed by atoms with Crippen LogP contribution in [0.3, 0.4) is 0 Å². The summed E-state index contributed by atoms with van der Waals surface area (Å²) in [5.41, 5.74) is 0. The van der Waals surface area contributed by atoms with Crippen LogP contribution in [0.4, 0.5) is 0 Å². The summed E-state index contributed by atoms with van der Waals surface area (Å²) in [7, 11) is 2.01. The van der Waals surface area contributed by atoms with Crippen molar-refractivity contribution in [1.29, 1.82) is 0 Å². The second-order valence-electron chi connectivity index (χ2n) is 6.83. The molecule has 1 saturated heterocycles. The Morgan fingerprint density at radius 1 is 1.00 bits per heavy atom. The van der Waals surface area contributed by atoms with Gasteiger partial charge in [-0.05, 0) is 26.9 Å². The number of hydrogen-bond acceptors (Lipinski definition) is 4. The quantitative estimate of drug-likeness (QED) is 0.713. The summed E-state index contributed by atoms with van der Waals surface area (Å²) < 4.78 is 28.6. The van der Waals surface area contributed by atoms with Gasteiger partial charge in [0, 0.05) is 39.3 Å². The van der Waals surface area contributed by atoms with Crippen molar-refractivity contribution in [3.63, 3.8) is 0 Å². The first-order valence-corrected chi connectivity index (χ1v) is 9.87. The number of amides is 1. The van der Waals surface area contributed by atoms with Gasteiger partial charge in [0.2, 0.25) is 5.91 Å². The molecule has 8 heteroatoms. The third kappa shape index (κ3) is 4.65. The maximum absolute atomic E-state index is 12.8. The van der Waals surface area contributed by atoms with Gasteiger partial charge < -0.3 is 9.80 Å². The number of nitrogens with zero attached hydrogens (tertiary/aromatic N) is 4. The van der Waals surface area contributed by atoms with Crippen molar-refractivity contribution in [3.05, 3.63) is 0 Å². The highest BCUT2D eigenvalue weighted by Gasteiger charge is 2.35. The molecule has 0 unspecified atom stereocenters. The number of rotatable bonds is 5. The molecule has 7 nitrogen and oxygen atoms in total. The van der Waals surface area contributed by atoms with Gasteiger partial charge >= 0.3 is 0 Å². The van der Waals surface area contributed by atoms with E-state index in [4.69, 9.17) is 0 Å². The topological polar surface area (TPSA) is 64.2 Å². The molecule has 1 aliphatic heterocycles. The van der Waals surface area contributed by atoms with E-state index in [1.807, 2.05) is 19.0 Å². The van der Waals surface area contributed by atoms with Crippen LogP contribution < -0.4 is 0 Å². The average Bonchev–Trinajstić information content (AvgIpc) is 2.54. The zero-order valence-electron chi connectivity index (χ0n) is 14.6. The minimum Gasteiger partial charge on any atom is -0.339 e. The van der Waals surface area contributed by atoms with Gasteiger partial charge in [0.1, 0.15) is 0 Å². The minimum atomic E-state index is -3.42. The van der Waals surface area contributed by atoms with E-state index in [-0.39, 0.29) is 11.9 Å². The Morgan fingerprint density at radius 3 is 2.09 bits per heavy atom. The average molecular weight is 346 g/mol. The largest absolute Gasteiger partial charge is 0.339 e. The Morgan fingerprint density at radius 2 is 1.57 bits per heavy atom. The van der Waals surface area contributed by atoms with Crippen molar-refractivity contribution in [2.75, 3.05) is 53.9 Å². The zero-order chi connectivity index (χ0) is 17.0. The summed E-state index contributed by atoms with van der Waals surface area (Å²) in [4.78, 5) is 15.6. The van der Waals surface area contributed by atoms with Gasteiger partial charge in [0.25, 0.3) is 10.2 Å². The molecule has 1 saturated carbocycles. The molecule has 1 aliphatic carbocycles. The van der Waals surface area contributed by atoms with Crippen molar-refractivity contribution >= 4 is 16.1 Å². The van der Waals surface area contributed by atoms with Crippen LogP contribution in [0.1, 0.15) is 32.1 Å². The molecule has 0 aromatic heterocycles. The fourth-order valence-corrected chi connectivity index (χ4v) is 4.93. The van der Waals surface area contributed by atoms with E-state index in [1.54, 1.807) is 16.3 Å². The fourth-order valence-electron chi connectivity index (χ4n) is 3.35. The van der Waals surface area contributed by atoms with Crippen LogP contribution >= 0.6 is 0 Å². The Hall–Kier alpha value is -0.700. The van der Waals surface area contributed by atoms with Gasteiger partial charge in [-0.3, -0.25) is 4.79 Å². The van der Waals surface area contributed by atoms with Gasteiger partial charge in [0.05, 0.1) is 6.54 Å². The highest BCUT2D eigenvalue weighted by atomic mass is 32.2. The molecule has 2 fully saturated rings. The molecule has 0 radical (unpaired) electrons. The predicted octanol–water partition coefficient (Wildman–Crippen LogP) is 0.202. The summed E-state index contributed by atoms with van der Waals surface area (Å²) in [6.45, 7) is 2.10. The molecule has 0 atom stereocenters. The summed E-state index contributed by atoms with van der Waals surface area (Å²) >= 11 is 0. The van der Waals surface area contributed by atoms with Gasteiger partial charge in [-0.15, -0.1) is 0 Å². The van der Waals surface area contributed by atoms with Gasteiger partial charge in [-0.2, -0.15) is 17.0 Å². The van der Waals surface area contributed by atoms with Crippen molar-refractivity contribution in [2.45, 2.75) is 38.1 Å². The van der Waals surface area contributed by atoms with E-state index in [0.717, 1.165) is 25.7 Å². The molecular weight excluding hydrogens is 316 g/mol. The van der Waals surface area contributed by atoms with Gasteiger partial charge in [-0.1, -0.05) is 19.3 Å². The van der Waals surface area contributed by atoms with Crippen LogP contribution in [-0.4, -0.2) is 92.6 Å². The standard InChI is InChI=1S/C15H30N4O3S/c1-16(2)13-15(20)18-9-11-19(12-10-18)23(21,22)17(3)14-7-5-4-6-8-14/h14H,4-13H2,1-3H3. The Kier molecular flexibility index (Phi) is 6.41. The second kappa shape index (κ2) is 7.92. The van der Waals surface area contributed by atoms with Crippen LogP contribution in [0.5, 0.6) is 0 Å². The molecule has 134 valence electrons. The first-order chi connectivity index (χ1) is 10.8. The van der Waals surface area contributed by atoms with E-state index in [9.17, 15) is 13.2 Å². The van der Waals surface area contributed by atoms with Crippen LogP contribution in [0.15, 0.2) is 0 Å². The van der Waals surface area contributed by atoms with E-state index in [1.165, 1.54) is 10.7 Å². The summed E-state index contributed by atoms with van der Waals surface area (Å²) in [5, 5.41) is 0. The van der Waals surface area contributed by atoms with Crippen molar-refractivity contribution in [2.24, 2.45) is 0 Å². The van der Waals surface area contributed by atoms with E-state index in [2.05, 4.69) is 0 Å². The number of carbonyl (C=O) groups excluding carboxylic acids is 1. The Bertz CT molecular complexity index is 495. The van der Waals surface area contributed by atoms with Gasteiger partial charge in [-0.25, -0.2) is 0 Å². The van der Waals surface area contributed by atoms with Crippen molar-refractivity contribution in [3.8, 4) is 0 Å². The molecule has 0 bridgehead atoms. The predicted molar refractivity (Wildman–Crippen MR) is 90.3 cm³/mol. The van der Waals surface area contributed by atoms with Crippen LogP contribution in [0.2, 0.25) is 0 Å². The summed E-state index contributed by atoms with van der Waals surface area (Å²) in [6, 6.07) is 0.127. The monoisotopic (exact) mass is 346 g/mol. The van der Waals surface area contributed by atoms with Gasteiger partial charge in [0.15, 0.2) is 0 Å². The van der Waals surface area contributed by atoms with Crippen molar-refractivity contribution in [1.82, 2.24) is 18.4 Å². The first-order valence-electron chi connectivity index (χ1n) is 8.48. The molecule has 23 heavy (non-hydrogen) atoms. The first kappa shape index (κ1) is 18.6. The van der Waals surface area contributed by atoms with E-state index in [0.29, 0.717) is 32.7 Å². The van der Waals surface area contributed by atoms with Crippen LogP contribution in [0, 0.1) is 0 Å². The third-order valence-corrected chi connectivity index (χ3v) is 6.87. The molecule has 0 N–H and O–H groups in total. The smallest absolute Gasteiger partial charge is 0.282 e. The molecule has 2 rings (SSSR count). The molecule has 1 heterocycles. The lowest BCUT2D eigenvalue weighted by Crippen LogP contribution is -2.56. The lowest BCUT2D eigenvalue weighted by Gasteiger charge is -2.38. The number of piperazine rings is 1.